The lowest BCUT2D eigenvalue weighted by atomic mass is 10.2. The van der Waals surface area contributed by atoms with Gasteiger partial charge in [0.05, 0.1) is 11.0 Å². The van der Waals surface area contributed by atoms with Crippen LogP contribution >= 0.6 is 11.5 Å². The van der Waals surface area contributed by atoms with E-state index in [0.717, 1.165) is 28.1 Å². The number of imidazole rings is 1. The number of aromatic nitrogens is 4. The third-order valence-electron chi connectivity index (χ3n) is 2.77. The van der Waals surface area contributed by atoms with E-state index in [2.05, 4.69) is 20.6 Å². The van der Waals surface area contributed by atoms with E-state index < -0.39 is 0 Å². The highest BCUT2D eigenvalue weighted by Gasteiger charge is 2.11. The Kier molecular flexibility index (Phi) is 2.38. The maximum absolute atomic E-state index is 5.64. The summed E-state index contributed by atoms with van der Waals surface area (Å²) in [7, 11) is 1.98. The molecule has 0 fully saturated rings. The molecular weight excluding hydrogens is 234 g/mol. The van der Waals surface area contributed by atoms with Crippen molar-refractivity contribution in [1.82, 2.24) is 19.1 Å². The third-order valence-corrected chi connectivity index (χ3v) is 3.27. The van der Waals surface area contributed by atoms with Crippen LogP contribution in [0.5, 0.6) is 0 Å². The van der Waals surface area contributed by atoms with Crippen LogP contribution in [0.2, 0.25) is 0 Å². The first-order chi connectivity index (χ1) is 8.29. The number of rotatable bonds is 2. The van der Waals surface area contributed by atoms with Crippen LogP contribution in [0.3, 0.4) is 0 Å². The molecule has 2 aromatic heterocycles. The number of hydrogen-bond donors (Lipinski definition) is 1. The van der Waals surface area contributed by atoms with Gasteiger partial charge < -0.3 is 10.3 Å². The molecule has 0 atom stereocenters. The van der Waals surface area contributed by atoms with Crippen molar-refractivity contribution < 1.29 is 0 Å². The molecule has 0 saturated carbocycles. The Morgan fingerprint density at radius 1 is 1.41 bits per heavy atom. The van der Waals surface area contributed by atoms with E-state index in [0.29, 0.717) is 6.54 Å². The fourth-order valence-electron chi connectivity index (χ4n) is 1.85. The Hall–Kier alpha value is -1.79. The fraction of sp³-hybridized carbons (Fsp3) is 0.182. The van der Waals surface area contributed by atoms with Crippen LogP contribution in [0.4, 0.5) is 0 Å². The van der Waals surface area contributed by atoms with Crippen molar-refractivity contribution in [3.63, 3.8) is 0 Å². The molecule has 0 aliphatic rings. The first-order valence-corrected chi connectivity index (χ1v) is 6.06. The molecule has 0 amide bonds. The summed E-state index contributed by atoms with van der Waals surface area (Å²) in [6.07, 6.45) is 0. The van der Waals surface area contributed by atoms with Gasteiger partial charge >= 0.3 is 0 Å². The lowest BCUT2D eigenvalue weighted by molar-refractivity contribution is 0.943. The molecule has 17 heavy (non-hydrogen) atoms. The van der Waals surface area contributed by atoms with Gasteiger partial charge in [-0.05, 0) is 29.2 Å². The van der Waals surface area contributed by atoms with E-state index in [1.165, 1.54) is 11.5 Å². The number of nitrogens with two attached hydrogens (primary N) is 1. The van der Waals surface area contributed by atoms with Crippen LogP contribution in [0.25, 0.3) is 22.6 Å². The van der Waals surface area contributed by atoms with Crippen molar-refractivity contribution >= 4 is 22.6 Å². The van der Waals surface area contributed by atoms with E-state index in [9.17, 15) is 0 Å². The molecule has 0 radical (unpaired) electrons. The minimum Gasteiger partial charge on any atom is -0.326 e. The summed E-state index contributed by atoms with van der Waals surface area (Å²) < 4.78 is 5.88. The highest BCUT2D eigenvalue weighted by molar-refractivity contribution is 7.03. The molecule has 3 rings (SSSR count). The van der Waals surface area contributed by atoms with Gasteiger partial charge in [0, 0.05) is 19.0 Å². The zero-order valence-electron chi connectivity index (χ0n) is 9.29. The number of hydrogen-bond acceptors (Lipinski definition) is 5. The smallest absolute Gasteiger partial charge is 0.162 e. The Morgan fingerprint density at radius 3 is 3.00 bits per heavy atom. The number of nitrogens with zero attached hydrogens (tertiary/aromatic N) is 4. The van der Waals surface area contributed by atoms with E-state index in [1.807, 2.05) is 29.1 Å². The predicted molar refractivity (Wildman–Crippen MR) is 67.5 cm³/mol. The number of fused-ring (bicyclic) bond motifs is 1. The second kappa shape index (κ2) is 3.90. The minimum absolute atomic E-state index is 0.536. The van der Waals surface area contributed by atoms with E-state index in [4.69, 9.17) is 5.73 Å². The van der Waals surface area contributed by atoms with Crippen LogP contribution in [0, 0.1) is 0 Å². The summed E-state index contributed by atoms with van der Waals surface area (Å²) >= 11 is 1.33. The molecule has 0 aliphatic heterocycles. The minimum atomic E-state index is 0.536. The SMILES string of the molecule is Cn1c(-c2csnn2)nc2ccc(CN)cc21. The van der Waals surface area contributed by atoms with Gasteiger partial charge in [-0.2, -0.15) is 0 Å². The van der Waals surface area contributed by atoms with Gasteiger partial charge in [-0.1, -0.05) is 10.6 Å². The summed E-state index contributed by atoms with van der Waals surface area (Å²) in [6, 6.07) is 6.05. The topological polar surface area (TPSA) is 69.6 Å². The zero-order chi connectivity index (χ0) is 11.8. The average Bonchev–Trinajstić information content (AvgIpc) is 2.97. The highest BCUT2D eigenvalue weighted by atomic mass is 32.1. The molecule has 0 aliphatic carbocycles. The second-order valence-electron chi connectivity index (χ2n) is 3.81. The molecule has 3 aromatic rings. The quantitative estimate of drug-likeness (QED) is 0.743. The Bertz CT molecular complexity index is 656. The first kappa shape index (κ1) is 10.4. The average molecular weight is 245 g/mol. The van der Waals surface area contributed by atoms with Gasteiger partial charge in [0.2, 0.25) is 0 Å². The van der Waals surface area contributed by atoms with Crippen molar-refractivity contribution in [3.05, 3.63) is 29.1 Å². The largest absolute Gasteiger partial charge is 0.326 e. The molecule has 0 bridgehead atoms. The fourth-order valence-corrected chi connectivity index (χ4v) is 2.29. The van der Waals surface area contributed by atoms with Gasteiger partial charge in [-0.15, -0.1) is 5.10 Å². The zero-order valence-corrected chi connectivity index (χ0v) is 10.1. The summed E-state index contributed by atoms with van der Waals surface area (Å²) in [6.45, 7) is 0.536. The molecule has 2 N–H and O–H groups in total. The normalized spacial score (nSPS) is 11.2. The molecular formula is C11H11N5S. The van der Waals surface area contributed by atoms with Crippen molar-refractivity contribution in [1.29, 1.82) is 0 Å². The monoisotopic (exact) mass is 245 g/mol. The van der Waals surface area contributed by atoms with Gasteiger partial charge in [0.1, 0.15) is 5.69 Å². The molecule has 5 nitrogen and oxygen atoms in total. The lowest BCUT2D eigenvalue weighted by Crippen LogP contribution is -1.97. The molecule has 6 heteroatoms. The van der Waals surface area contributed by atoms with E-state index in [-0.39, 0.29) is 0 Å². The molecule has 0 saturated heterocycles. The van der Waals surface area contributed by atoms with E-state index in [1.54, 1.807) is 0 Å². The Labute approximate surface area is 102 Å². The Morgan fingerprint density at radius 2 is 2.29 bits per heavy atom. The highest BCUT2D eigenvalue weighted by Crippen LogP contribution is 2.23. The lowest BCUT2D eigenvalue weighted by Gasteiger charge is -2.00. The molecule has 0 unspecified atom stereocenters. The molecule has 2 heterocycles. The predicted octanol–water partition coefficient (Wildman–Crippen LogP) is 1.55. The molecule has 1 aromatic carbocycles. The maximum atomic E-state index is 5.64. The van der Waals surface area contributed by atoms with Gasteiger partial charge in [0.25, 0.3) is 0 Å². The summed E-state index contributed by atoms with van der Waals surface area (Å²) in [5.41, 5.74) is 9.57. The summed E-state index contributed by atoms with van der Waals surface area (Å²) in [5.74, 6) is 0.836. The van der Waals surface area contributed by atoms with Crippen molar-refractivity contribution in [2.24, 2.45) is 12.8 Å². The van der Waals surface area contributed by atoms with Crippen molar-refractivity contribution in [2.75, 3.05) is 0 Å². The van der Waals surface area contributed by atoms with Gasteiger partial charge in [-0.3, -0.25) is 0 Å². The van der Waals surface area contributed by atoms with Crippen LogP contribution in [-0.2, 0) is 13.6 Å². The van der Waals surface area contributed by atoms with Crippen LogP contribution in [0.15, 0.2) is 23.6 Å². The maximum Gasteiger partial charge on any atom is 0.162 e. The van der Waals surface area contributed by atoms with Gasteiger partial charge in [0.15, 0.2) is 5.82 Å². The first-order valence-electron chi connectivity index (χ1n) is 5.22. The van der Waals surface area contributed by atoms with Crippen molar-refractivity contribution in [3.8, 4) is 11.5 Å². The van der Waals surface area contributed by atoms with E-state index >= 15 is 0 Å². The standard InChI is InChI=1S/C11H11N5S/c1-16-10-4-7(5-12)2-3-8(10)13-11(16)9-6-17-15-14-9/h2-4,6H,5,12H2,1H3. The number of benzene rings is 1. The third kappa shape index (κ3) is 1.62. The molecule has 86 valence electrons. The van der Waals surface area contributed by atoms with Crippen LogP contribution < -0.4 is 5.73 Å². The second-order valence-corrected chi connectivity index (χ2v) is 4.42. The summed E-state index contributed by atoms with van der Waals surface area (Å²) in [4.78, 5) is 4.56. The summed E-state index contributed by atoms with van der Waals surface area (Å²) in [5, 5.41) is 5.94. The molecule has 0 spiro atoms. The number of aryl methyl sites for hydroxylation is 1. The van der Waals surface area contributed by atoms with Gasteiger partial charge in [-0.25, -0.2) is 4.98 Å². The van der Waals surface area contributed by atoms with Crippen LogP contribution in [-0.4, -0.2) is 19.1 Å². The van der Waals surface area contributed by atoms with Crippen LogP contribution in [0.1, 0.15) is 5.56 Å². The van der Waals surface area contributed by atoms with Crippen molar-refractivity contribution in [2.45, 2.75) is 6.54 Å². The Balaban J connectivity index is 2.25.